The van der Waals surface area contributed by atoms with Crippen LogP contribution < -0.4 is 14.8 Å². The smallest absolute Gasteiger partial charge is 0.261 e. The Balaban J connectivity index is 1.43. The zero-order chi connectivity index (χ0) is 22.6. The average molecular weight is 447 g/mol. The molecule has 0 aliphatic carbocycles. The zero-order valence-electron chi connectivity index (χ0n) is 17.4. The minimum Gasteiger partial charge on any atom is -0.497 e. The minimum absolute atomic E-state index is 0.0976. The molecular weight excluding hydrogens is 424 g/mol. The van der Waals surface area contributed by atoms with E-state index in [-0.39, 0.29) is 17.2 Å². The third-order valence-corrected chi connectivity index (χ3v) is 6.42. The van der Waals surface area contributed by atoms with Gasteiger partial charge in [-0.2, -0.15) is 0 Å². The summed E-state index contributed by atoms with van der Waals surface area (Å²) in [4.78, 5) is 12.6. The number of benzene rings is 4. The summed E-state index contributed by atoms with van der Waals surface area (Å²) in [6, 6.07) is 26.4. The molecule has 0 saturated carbocycles. The highest BCUT2D eigenvalue weighted by Gasteiger charge is 2.15. The highest BCUT2D eigenvalue weighted by molar-refractivity contribution is 7.92. The van der Waals surface area contributed by atoms with E-state index in [1.807, 2.05) is 42.5 Å². The SMILES string of the molecule is COc1ccc(NS(=O)(=O)c2ccc(NC(=O)Cc3cccc4ccccc34)cc2)cc1. The first-order valence-corrected chi connectivity index (χ1v) is 11.5. The molecule has 0 heterocycles. The van der Waals surface area contributed by atoms with Gasteiger partial charge in [0.1, 0.15) is 5.75 Å². The lowest BCUT2D eigenvalue weighted by molar-refractivity contribution is -0.115. The molecule has 0 radical (unpaired) electrons. The molecule has 0 bridgehead atoms. The molecular formula is C25H22N2O4S. The summed E-state index contributed by atoms with van der Waals surface area (Å²) >= 11 is 0. The van der Waals surface area contributed by atoms with Crippen molar-refractivity contribution >= 4 is 38.1 Å². The second-order valence-corrected chi connectivity index (χ2v) is 8.90. The molecule has 32 heavy (non-hydrogen) atoms. The van der Waals surface area contributed by atoms with Crippen LogP contribution in [-0.2, 0) is 21.2 Å². The third-order valence-electron chi connectivity index (χ3n) is 5.02. The van der Waals surface area contributed by atoms with Crippen molar-refractivity contribution in [2.24, 2.45) is 0 Å². The maximum absolute atomic E-state index is 12.6. The Morgan fingerprint density at radius 2 is 1.47 bits per heavy atom. The van der Waals surface area contributed by atoms with E-state index >= 15 is 0 Å². The van der Waals surface area contributed by atoms with Gasteiger partial charge in [0.2, 0.25) is 5.91 Å². The van der Waals surface area contributed by atoms with Crippen molar-refractivity contribution in [3.05, 3.63) is 96.6 Å². The highest BCUT2D eigenvalue weighted by atomic mass is 32.2. The predicted octanol–water partition coefficient (Wildman–Crippen LogP) is 4.83. The predicted molar refractivity (Wildman–Crippen MR) is 127 cm³/mol. The summed E-state index contributed by atoms with van der Waals surface area (Å²) < 4.78 is 32.9. The Morgan fingerprint density at radius 1 is 0.812 bits per heavy atom. The van der Waals surface area contributed by atoms with Crippen LogP contribution in [0, 0.1) is 0 Å². The Kier molecular flexibility index (Phi) is 6.09. The number of fused-ring (bicyclic) bond motifs is 1. The van der Waals surface area contributed by atoms with Crippen LogP contribution in [-0.4, -0.2) is 21.4 Å². The van der Waals surface area contributed by atoms with Crippen molar-refractivity contribution in [1.29, 1.82) is 0 Å². The van der Waals surface area contributed by atoms with Crippen LogP contribution >= 0.6 is 0 Å². The van der Waals surface area contributed by atoms with Crippen molar-refractivity contribution < 1.29 is 17.9 Å². The summed E-state index contributed by atoms with van der Waals surface area (Å²) in [5.74, 6) is 0.463. The number of carbonyl (C=O) groups is 1. The molecule has 1 amide bonds. The van der Waals surface area contributed by atoms with Crippen molar-refractivity contribution in [1.82, 2.24) is 0 Å². The van der Waals surface area contributed by atoms with Crippen molar-refractivity contribution in [3.63, 3.8) is 0 Å². The largest absolute Gasteiger partial charge is 0.497 e. The summed E-state index contributed by atoms with van der Waals surface area (Å²) in [7, 11) is -2.21. The molecule has 0 aliphatic heterocycles. The normalized spacial score (nSPS) is 11.2. The lowest BCUT2D eigenvalue weighted by atomic mass is 10.0. The first-order valence-electron chi connectivity index (χ1n) is 9.98. The molecule has 162 valence electrons. The van der Waals surface area contributed by atoms with E-state index in [0.717, 1.165) is 16.3 Å². The van der Waals surface area contributed by atoms with E-state index < -0.39 is 10.0 Å². The number of carbonyl (C=O) groups excluding carboxylic acids is 1. The van der Waals surface area contributed by atoms with Crippen LogP contribution in [0.3, 0.4) is 0 Å². The Labute approximate surface area is 186 Å². The quantitative estimate of drug-likeness (QED) is 0.426. The fourth-order valence-electron chi connectivity index (χ4n) is 3.42. The van der Waals surface area contributed by atoms with Crippen LogP contribution in [0.2, 0.25) is 0 Å². The number of hydrogen-bond acceptors (Lipinski definition) is 4. The van der Waals surface area contributed by atoms with Gasteiger partial charge in [-0.25, -0.2) is 8.42 Å². The van der Waals surface area contributed by atoms with Crippen LogP contribution in [0.15, 0.2) is 95.9 Å². The van der Waals surface area contributed by atoms with Crippen LogP contribution in [0.4, 0.5) is 11.4 Å². The molecule has 0 aliphatic rings. The number of methoxy groups -OCH3 is 1. The van der Waals surface area contributed by atoms with Gasteiger partial charge in [-0.1, -0.05) is 42.5 Å². The fraction of sp³-hybridized carbons (Fsp3) is 0.0800. The maximum atomic E-state index is 12.6. The second-order valence-electron chi connectivity index (χ2n) is 7.22. The van der Waals surface area contributed by atoms with E-state index in [0.29, 0.717) is 17.1 Å². The summed E-state index contributed by atoms with van der Waals surface area (Å²) in [6.07, 6.45) is 0.223. The minimum atomic E-state index is -3.75. The van der Waals surface area contributed by atoms with Crippen molar-refractivity contribution in [3.8, 4) is 5.75 Å². The van der Waals surface area contributed by atoms with E-state index in [9.17, 15) is 13.2 Å². The van der Waals surface area contributed by atoms with E-state index in [1.165, 1.54) is 12.1 Å². The second kappa shape index (κ2) is 9.11. The molecule has 4 aromatic carbocycles. The standard InChI is InChI=1S/C25H22N2O4S/c1-31-22-13-9-21(10-14-22)27-32(29,30)23-15-11-20(12-16-23)26-25(28)17-19-7-4-6-18-5-2-3-8-24(18)19/h2-16,27H,17H2,1H3,(H,26,28). The molecule has 7 heteroatoms. The number of anilines is 2. The Morgan fingerprint density at radius 3 is 2.19 bits per heavy atom. The van der Waals surface area contributed by atoms with Gasteiger partial charge in [-0.05, 0) is 64.9 Å². The first-order chi connectivity index (χ1) is 15.4. The van der Waals surface area contributed by atoms with Gasteiger partial charge in [0.05, 0.1) is 18.4 Å². The van der Waals surface area contributed by atoms with Gasteiger partial charge >= 0.3 is 0 Å². The van der Waals surface area contributed by atoms with Gasteiger partial charge in [0, 0.05) is 11.4 Å². The van der Waals surface area contributed by atoms with E-state index in [1.54, 1.807) is 43.5 Å². The van der Waals surface area contributed by atoms with Crippen LogP contribution in [0.1, 0.15) is 5.56 Å². The topological polar surface area (TPSA) is 84.5 Å². The van der Waals surface area contributed by atoms with Crippen LogP contribution in [0.5, 0.6) is 5.75 Å². The number of rotatable bonds is 7. The first kappa shape index (κ1) is 21.4. The van der Waals surface area contributed by atoms with Crippen molar-refractivity contribution in [2.75, 3.05) is 17.1 Å². The Bertz CT molecular complexity index is 1340. The average Bonchev–Trinajstić information content (AvgIpc) is 2.80. The molecule has 0 unspecified atom stereocenters. The number of amides is 1. The molecule has 4 aromatic rings. The number of sulfonamides is 1. The van der Waals surface area contributed by atoms with E-state index in [4.69, 9.17) is 4.74 Å². The monoisotopic (exact) mass is 446 g/mol. The third kappa shape index (κ3) is 4.90. The maximum Gasteiger partial charge on any atom is 0.261 e. The van der Waals surface area contributed by atoms with Crippen molar-refractivity contribution in [2.45, 2.75) is 11.3 Å². The van der Waals surface area contributed by atoms with E-state index in [2.05, 4.69) is 10.0 Å². The highest BCUT2D eigenvalue weighted by Crippen LogP contribution is 2.22. The number of ether oxygens (including phenoxy) is 1. The fourth-order valence-corrected chi connectivity index (χ4v) is 4.47. The molecule has 0 saturated heterocycles. The molecule has 0 fully saturated rings. The molecule has 6 nitrogen and oxygen atoms in total. The summed E-state index contributed by atoms with van der Waals surface area (Å²) in [5, 5.41) is 4.95. The van der Waals surface area contributed by atoms with Crippen LogP contribution in [0.25, 0.3) is 10.8 Å². The van der Waals surface area contributed by atoms with Gasteiger partial charge in [0.15, 0.2) is 0 Å². The van der Waals surface area contributed by atoms with Gasteiger partial charge in [0.25, 0.3) is 10.0 Å². The summed E-state index contributed by atoms with van der Waals surface area (Å²) in [5.41, 5.74) is 1.89. The summed E-state index contributed by atoms with van der Waals surface area (Å²) in [6.45, 7) is 0. The van der Waals surface area contributed by atoms with Gasteiger partial charge in [-0.3, -0.25) is 9.52 Å². The molecule has 2 N–H and O–H groups in total. The molecule has 0 aromatic heterocycles. The lowest BCUT2D eigenvalue weighted by Crippen LogP contribution is -2.15. The van der Waals surface area contributed by atoms with Gasteiger partial charge in [-0.15, -0.1) is 0 Å². The molecule has 0 atom stereocenters. The Hall–Kier alpha value is -3.84. The van der Waals surface area contributed by atoms with Gasteiger partial charge < -0.3 is 10.1 Å². The molecule has 4 rings (SSSR count). The zero-order valence-corrected chi connectivity index (χ0v) is 18.2. The number of nitrogens with one attached hydrogen (secondary N) is 2. The number of hydrogen-bond donors (Lipinski definition) is 2. The lowest BCUT2D eigenvalue weighted by Gasteiger charge is -2.11. The molecule has 0 spiro atoms.